The van der Waals surface area contributed by atoms with Gasteiger partial charge in [-0.25, -0.2) is 0 Å². The Morgan fingerprint density at radius 2 is 1.63 bits per heavy atom. The second kappa shape index (κ2) is 8.29. The van der Waals surface area contributed by atoms with Gasteiger partial charge in [-0.3, -0.25) is 0 Å². The fourth-order valence-electron chi connectivity index (χ4n) is 4.55. The molecule has 3 unspecified atom stereocenters. The molecule has 0 aromatic heterocycles. The first-order valence-corrected chi connectivity index (χ1v) is 9.08. The molecule has 0 aromatic rings. The molecular weight excluding hydrogens is 230 g/mol. The highest BCUT2D eigenvalue weighted by Gasteiger charge is 2.32. The van der Waals surface area contributed by atoms with Gasteiger partial charge >= 0.3 is 0 Å². The van der Waals surface area contributed by atoms with Gasteiger partial charge in [0.15, 0.2) is 0 Å². The molecule has 0 amide bonds. The highest BCUT2D eigenvalue weighted by atomic mass is 14.9. The fraction of sp³-hybridized carbons (Fsp3) is 1.00. The zero-order valence-electron chi connectivity index (χ0n) is 13.3. The number of nitrogens with one attached hydrogen (secondary N) is 1. The summed E-state index contributed by atoms with van der Waals surface area (Å²) in [5.41, 5.74) is 0. The van der Waals surface area contributed by atoms with Gasteiger partial charge in [0.05, 0.1) is 0 Å². The highest BCUT2D eigenvalue weighted by molar-refractivity contribution is 4.88. The molecule has 1 heteroatoms. The van der Waals surface area contributed by atoms with E-state index in [0.29, 0.717) is 0 Å². The van der Waals surface area contributed by atoms with Crippen LogP contribution in [0.5, 0.6) is 0 Å². The van der Waals surface area contributed by atoms with Crippen LogP contribution in [0.1, 0.15) is 84.5 Å². The standard InChI is InChI=1S/C18H35N/c1-3-13-19-18(16-10-6-5-7-11-16)17-12-8-9-15(4-2)14-17/h15-19H,3-14H2,1-2H3. The molecule has 2 rings (SSSR count). The van der Waals surface area contributed by atoms with Gasteiger partial charge in [0.1, 0.15) is 0 Å². The Labute approximate surface area is 120 Å². The van der Waals surface area contributed by atoms with E-state index in [4.69, 9.17) is 0 Å². The van der Waals surface area contributed by atoms with Gasteiger partial charge in [0.25, 0.3) is 0 Å². The van der Waals surface area contributed by atoms with E-state index in [2.05, 4.69) is 19.2 Å². The number of hydrogen-bond acceptors (Lipinski definition) is 1. The molecule has 0 aliphatic heterocycles. The minimum Gasteiger partial charge on any atom is -0.313 e. The van der Waals surface area contributed by atoms with Gasteiger partial charge < -0.3 is 5.32 Å². The van der Waals surface area contributed by atoms with E-state index in [9.17, 15) is 0 Å². The van der Waals surface area contributed by atoms with Crippen LogP contribution < -0.4 is 5.32 Å². The van der Waals surface area contributed by atoms with Crippen molar-refractivity contribution in [3.8, 4) is 0 Å². The van der Waals surface area contributed by atoms with Crippen LogP contribution in [0.25, 0.3) is 0 Å². The molecular formula is C18H35N. The quantitative estimate of drug-likeness (QED) is 0.700. The molecule has 0 spiro atoms. The van der Waals surface area contributed by atoms with E-state index < -0.39 is 0 Å². The predicted molar refractivity (Wildman–Crippen MR) is 84.4 cm³/mol. The van der Waals surface area contributed by atoms with Gasteiger partial charge in [-0.15, -0.1) is 0 Å². The van der Waals surface area contributed by atoms with Crippen LogP contribution in [0.15, 0.2) is 0 Å². The summed E-state index contributed by atoms with van der Waals surface area (Å²) in [5.74, 6) is 2.99. The summed E-state index contributed by atoms with van der Waals surface area (Å²) in [5, 5.41) is 3.95. The van der Waals surface area contributed by atoms with Crippen LogP contribution in [0.3, 0.4) is 0 Å². The first-order valence-electron chi connectivity index (χ1n) is 9.08. The fourth-order valence-corrected chi connectivity index (χ4v) is 4.55. The van der Waals surface area contributed by atoms with E-state index in [1.165, 1.54) is 77.2 Å². The Kier molecular flexibility index (Phi) is 6.70. The monoisotopic (exact) mass is 265 g/mol. The van der Waals surface area contributed by atoms with Crippen molar-refractivity contribution in [3.05, 3.63) is 0 Å². The average molecular weight is 265 g/mol. The summed E-state index contributed by atoms with van der Waals surface area (Å²) in [6, 6.07) is 0.842. The minimum absolute atomic E-state index is 0.842. The number of rotatable bonds is 6. The third-order valence-corrected chi connectivity index (χ3v) is 5.70. The van der Waals surface area contributed by atoms with Crippen LogP contribution in [-0.2, 0) is 0 Å². The summed E-state index contributed by atoms with van der Waals surface area (Å²) in [6.45, 7) is 5.93. The molecule has 112 valence electrons. The predicted octanol–water partition coefficient (Wildman–Crippen LogP) is 5.15. The van der Waals surface area contributed by atoms with E-state index in [1.54, 1.807) is 0 Å². The topological polar surface area (TPSA) is 12.0 Å². The Balaban J connectivity index is 1.94. The van der Waals surface area contributed by atoms with Crippen molar-refractivity contribution >= 4 is 0 Å². The second-order valence-electron chi connectivity index (χ2n) is 7.08. The number of hydrogen-bond donors (Lipinski definition) is 1. The summed E-state index contributed by atoms with van der Waals surface area (Å²) in [7, 11) is 0. The third-order valence-electron chi connectivity index (χ3n) is 5.70. The molecule has 1 nitrogen and oxygen atoms in total. The second-order valence-corrected chi connectivity index (χ2v) is 7.08. The summed E-state index contributed by atoms with van der Waals surface area (Å²) in [4.78, 5) is 0. The van der Waals surface area contributed by atoms with Crippen LogP contribution in [0.2, 0.25) is 0 Å². The zero-order chi connectivity index (χ0) is 13.5. The lowest BCUT2D eigenvalue weighted by Gasteiger charge is -2.40. The normalized spacial score (nSPS) is 31.3. The molecule has 0 heterocycles. The Morgan fingerprint density at radius 3 is 2.32 bits per heavy atom. The van der Waals surface area contributed by atoms with Crippen molar-refractivity contribution in [2.45, 2.75) is 90.5 Å². The molecule has 3 atom stereocenters. The lowest BCUT2D eigenvalue weighted by Crippen LogP contribution is -2.45. The van der Waals surface area contributed by atoms with Crippen LogP contribution >= 0.6 is 0 Å². The molecule has 2 saturated carbocycles. The van der Waals surface area contributed by atoms with Crippen molar-refractivity contribution in [1.82, 2.24) is 5.32 Å². The van der Waals surface area contributed by atoms with Crippen LogP contribution in [0.4, 0.5) is 0 Å². The molecule has 1 N–H and O–H groups in total. The average Bonchev–Trinajstić information content (AvgIpc) is 2.49. The minimum atomic E-state index is 0.842. The largest absolute Gasteiger partial charge is 0.313 e. The lowest BCUT2D eigenvalue weighted by molar-refractivity contribution is 0.145. The maximum atomic E-state index is 3.95. The molecule has 0 radical (unpaired) electrons. The summed E-state index contributed by atoms with van der Waals surface area (Å²) >= 11 is 0. The molecule has 0 bridgehead atoms. The Bertz CT molecular complexity index is 232. The lowest BCUT2D eigenvalue weighted by atomic mass is 9.70. The molecule has 19 heavy (non-hydrogen) atoms. The van der Waals surface area contributed by atoms with Crippen molar-refractivity contribution in [2.75, 3.05) is 6.54 Å². The van der Waals surface area contributed by atoms with E-state index >= 15 is 0 Å². The van der Waals surface area contributed by atoms with Gasteiger partial charge in [-0.05, 0) is 56.4 Å². The molecule has 2 aliphatic rings. The molecule has 0 aromatic carbocycles. The zero-order valence-corrected chi connectivity index (χ0v) is 13.3. The van der Waals surface area contributed by atoms with Crippen molar-refractivity contribution < 1.29 is 0 Å². The molecule has 0 saturated heterocycles. The Hall–Kier alpha value is -0.0400. The molecule has 2 fully saturated rings. The van der Waals surface area contributed by atoms with Crippen molar-refractivity contribution in [3.63, 3.8) is 0 Å². The summed E-state index contributed by atoms with van der Waals surface area (Å²) < 4.78 is 0. The van der Waals surface area contributed by atoms with Crippen LogP contribution in [-0.4, -0.2) is 12.6 Å². The van der Waals surface area contributed by atoms with E-state index in [1.807, 2.05) is 0 Å². The Morgan fingerprint density at radius 1 is 0.895 bits per heavy atom. The maximum absolute atomic E-state index is 3.95. The van der Waals surface area contributed by atoms with Crippen molar-refractivity contribution in [2.24, 2.45) is 17.8 Å². The third kappa shape index (κ3) is 4.48. The van der Waals surface area contributed by atoms with Gasteiger partial charge in [0.2, 0.25) is 0 Å². The summed E-state index contributed by atoms with van der Waals surface area (Å²) in [6.07, 6.45) is 16.1. The van der Waals surface area contributed by atoms with Gasteiger partial charge in [0, 0.05) is 6.04 Å². The maximum Gasteiger partial charge on any atom is 0.0124 e. The smallest absolute Gasteiger partial charge is 0.0124 e. The van der Waals surface area contributed by atoms with E-state index in [0.717, 1.165) is 23.8 Å². The first kappa shape index (κ1) is 15.4. The van der Waals surface area contributed by atoms with Crippen LogP contribution in [0, 0.1) is 17.8 Å². The van der Waals surface area contributed by atoms with Crippen molar-refractivity contribution in [1.29, 1.82) is 0 Å². The molecule has 2 aliphatic carbocycles. The van der Waals surface area contributed by atoms with Gasteiger partial charge in [-0.2, -0.15) is 0 Å². The highest BCUT2D eigenvalue weighted by Crippen LogP contribution is 2.38. The first-order chi connectivity index (χ1) is 9.35. The van der Waals surface area contributed by atoms with Gasteiger partial charge in [-0.1, -0.05) is 52.4 Å². The van der Waals surface area contributed by atoms with E-state index in [-0.39, 0.29) is 0 Å². The SMILES string of the molecule is CCCNC(C1CCCCC1)C1CCCC(CC)C1.